The third kappa shape index (κ3) is 4.37. The fourth-order valence-corrected chi connectivity index (χ4v) is 3.53. The topological polar surface area (TPSA) is 24.7 Å². The lowest BCUT2D eigenvalue weighted by Gasteiger charge is -2.31. The molecular weight excluding hydrogens is 316 g/mol. The average Bonchev–Trinajstić information content (AvgIpc) is 2.67. The summed E-state index contributed by atoms with van der Waals surface area (Å²) in [7, 11) is 0. The second-order valence-electron chi connectivity index (χ2n) is 6.80. The van der Waals surface area contributed by atoms with E-state index in [0.29, 0.717) is 5.92 Å². The SMILES string of the molecule is C=CC1=NC(CC(=C)/N=C(/C=C)C(C)C=C)C(CCC)c2ccccc21. The zero-order chi connectivity index (χ0) is 19.1. The predicted octanol–water partition coefficient (Wildman–Crippen LogP) is 6.28. The van der Waals surface area contributed by atoms with E-state index in [9.17, 15) is 0 Å². The van der Waals surface area contributed by atoms with Gasteiger partial charge in [-0.25, -0.2) is 0 Å². The van der Waals surface area contributed by atoms with E-state index in [1.807, 2.05) is 12.2 Å². The standard InChI is InChI=1S/C24H30N2/c1-7-13-20-19-14-11-12-15-21(19)23(10-4)26-24(20)16-18(6)25-22(9-3)17(5)8-2/h8-12,14-15,17,20,24H,2-4,6-7,13,16H2,1,5H3/b25-22-. The Morgan fingerprint density at radius 2 is 2.00 bits per heavy atom. The van der Waals surface area contributed by atoms with Crippen LogP contribution in [0.3, 0.4) is 0 Å². The molecule has 1 heterocycles. The Hall–Kier alpha value is -2.48. The summed E-state index contributed by atoms with van der Waals surface area (Å²) in [5, 5.41) is 0. The average molecular weight is 347 g/mol. The van der Waals surface area contributed by atoms with Crippen LogP contribution in [0.1, 0.15) is 50.2 Å². The van der Waals surface area contributed by atoms with Crippen LogP contribution in [0.15, 0.2) is 84.5 Å². The van der Waals surface area contributed by atoms with Crippen LogP contribution in [-0.4, -0.2) is 17.5 Å². The summed E-state index contributed by atoms with van der Waals surface area (Å²) in [6, 6.07) is 8.68. The minimum absolute atomic E-state index is 0.138. The lowest BCUT2D eigenvalue weighted by atomic mass is 9.80. The molecule has 1 aliphatic rings. The van der Waals surface area contributed by atoms with Gasteiger partial charge in [-0.3, -0.25) is 9.98 Å². The summed E-state index contributed by atoms with van der Waals surface area (Å²) < 4.78 is 0. The summed E-state index contributed by atoms with van der Waals surface area (Å²) >= 11 is 0. The zero-order valence-corrected chi connectivity index (χ0v) is 16.1. The van der Waals surface area contributed by atoms with Crippen molar-refractivity contribution in [1.29, 1.82) is 0 Å². The van der Waals surface area contributed by atoms with Crippen LogP contribution in [0.4, 0.5) is 0 Å². The molecule has 0 spiro atoms. The third-order valence-electron chi connectivity index (χ3n) is 4.96. The smallest absolute Gasteiger partial charge is 0.0647 e. The minimum Gasteiger partial charge on any atom is -0.280 e. The van der Waals surface area contributed by atoms with Crippen LogP contribution in [-0.2, 0) is 0 Å². The maximum atomic E-state index is 5.00. The van der Waals surface area contributed by atoms with E-state index in [0.717, 1.165) is 36.4 Å². The van der Waals surface area contributed by atoms with Gasteiger partial charge in [-0.05, 0) is 24.1 Å². The minimum atomic E-state index is 0.138. The fraction of sp³-hybridized carbons (Fsp3) is 0.333. The van der Waals surface area contributed by atoms with E-state index in [4.69, 9.17) is 9.98 Å². The lowest BCUT2D eigenvalue weighted by Crippen LogP contribution is -2.26. The number of benzene rings is 1. The normalized spacial score (nSPS) is 20.5. The van der Waals surface area contributed by atoms with Gasteiger partial charge in [0.2, 0.25) is 0 Å². The molecule has 1 aromatic rings. The van der Waals surface area contributed by atoms with Crippen LogP contribution in [0.25, 0.3) is 0 Å². The first-order chi connectivity index (χ1) is 12.5. The first-order valence-corrected chi connectivity index (χ1v) is 9.36. The van der Waals surface area contributed by atoms with Crippen LogP contribution in [0.2, 0.25) is 0 Å². The fourth-order valence-electron chi connectivity index (χ4n) is 3.53. The maximum absolute atomic E-state index is 5.00. The molecule has 2 nitrogen and oxygen atoms in total. The van der Waals surface area contributed by atoms with Crippen molar-refractivity contribution in [3.63, 3.8) is 0 Å². The van der Waals surface area contributed by atoms with Gasteiger partial charge >= 0.3 is 0 Å². The van der Waals surface area contributed by atoms with Crippen molar-refractivity contribution >= 4 is 11.4 Å². The van der Waals surface area contributed by atoms with Crippen molar-refractivity contribution in [2.75, 3.05) is 0 Å². The van der Waals surface area contributed by atoms with E-state index >= 15 is 0 Å². The van der Waals surface area contributed by atoms with Gasteiger partial charge in [0.05, 0.1) is 11.8 Å². The molecule has 0 aromatic heterocycles. The Kier molecular flexibility index (Phi) is 7.08. The molecule has 0 saturated heterocycles. The second kappa shape index (κ2) is 9.28. The van der Waals surface area contributed by atoms with E-state index in [2.05, 4.69) is 64.4 Å². The van der Waals surface area contributed by atoms with Crippen molar-refractivity contribution in [2.24, 2.45) is 15.9 Å². The quantitative estimate of drug-likeness (QED) is 0.371. The van der Waals surface area contributed by atoms with Gasteiger partial charge in [-0.15, -0.1) is 6.58 Å². The molecule has 3 unspecified atom stereocenters. The molecule has 3 atom stereocenters. The van der Waals surface area contributed by atoms with Crippen molar-refractivity contribution < 1.29 is 0 Å². The number of hydrogen-bond donors (Lipinski definition) is 0. The summed E-state index contributed by atoms with van der Waals surface area (Å²) in [6.45, 7) is 20.1. The Balaban J connectivity index is 2.33. The predicted molar refractivity (Wildman–Crippen MR) is 115 cm³/mol. The molecule has 0 N–H and O–H groups in total. The summed E-state index contributed by atoms with van der Waals surface area (Å²) in [4.78, 5) is 9.70. The van der Waals surface area contributed by atoms with Gasteiger partial charge in [-0.1, -0.05) is 70.3 Å². The molecule has 0 saturated carbocycles. The highest BCUT2D eigenvalue weighted by Crippen LogP contribution is 2.37. The summed E-state index contributed by atoms with van der Waals surface area (Å²) in [5.41, 5.74) is 5.29. The van der Waals surface area contributed by atoms with E-state index in [1.165, 1.54) is 11.1 Å². The molecule has 136 valence electrons. The molecular formula is C24H30N2. The molecule has 2 heteroatoms. The van der Waals surface area contributed by atoms with Crippen LogP contribution < -0.4 is 0 Å². The first kappa shape index (κ1) is 19.8. The van der Waals surface area contributed by atoms with E-state index in [-0.39, 0.29) is 12.0 Å². The molecule has 1 aromatic carbocycles. The molecule has 2 rings (SSSR count). The maximum Gasteiger partial charge on any atom is 0.0647 e. The van der Waals surface area contributed by atoms with Gasteiger partial charge in [-0.2, -0.15) is 0 Å². The van der Waals surface area contributed by atoms with Crippen molar-refractivity contribution in [1.82, 2.24) is 0 Å². The third-order valence-corrected chi connectivity index (χ3v) is 4.96. The number of rotatable bonds is 9. The second-order valence-corrected chi connectivity index (χ2v) is 6.80. The van der Waals surface area contributed by atoms with Gasteiger partial charge in [0.15, 0.2) is 0 Å². The monoisotopic (exact) mass is 346 g/mol. The van der Waals surface area contributed by atoms with E-state index < -0.39 is 0 Å². The van der Waals surface area contributed by atoms with Crippen LogP contribution in [0, 0.1) is 5.92 Å². The Labute approximate surface area is 158 Å². The molecule has 0 amide bonds. The van der Waals surface area contributed by atoms with Crippen molar-refractivity contribution in [3.8, 4) is 0 Å². The summed E-state index contributed by atoms with van der Waals surface area (Å²) in [5.74, 6) is 0.547. The van der Waals surface area contributed by atoms with Crippen LogP contribution >= 0.6 is 0 Å². The van der Waals surface area contributed by atoms with Gasteiger partial charge in [0.25, 0.3) is 0 Å². The number of allylic oxidation sites excluding steroid dienone is 3. The molecule has 26 heavy (non-hydrogen) atoms. The Bertz CT molecular complexity index is 751. The number of nitrogens with zero attached hydrogens (tertiary/aromatic N) is 2. The molecule has 0 radical (unpaired) electrons. The molecule has 0 fully saturated rings. The summed E-state index contributed by atoms with van der Waals surface area (Å²) in [6.07, 6.45) is 8.47. The van der Waals surface area contributed by atoms with Crippen molar-refractivity contribution in [2.45, 2.75) is 45.1 Å². The molecule has 0 bridgehead atoms. The van der Waals surface area contributed by atoms with Crippen LogP contribution in [0.5, 0.6) is 0 Å². The van der Waals surface area contributed by atoms with Crippen molar-refractivity contribution in [3.05, 3.63) is 85.6 Å². The highest BCUT2D eigenvalue weighted by molar-refractivity contribution is 6.10. The lowest BCUT2D eigenvalue weighted by molar-refractivity contribution is 0.486. The highest BCUT2D eigenvalue weighted by atomic mass is 14.9. The zero-order valence-electron chi connectivity index (χ0n) is 16.1. The first-order valence-electron chi connectivity index (χ1n) is 9.36. The molecule has 1 aliphatic heterocycles. The van der Waals surface area contributed by atoms with E-state index in [1.54, 1.807) is 6.08 Å². The number of aliphatic imine (C=N–C) groups is 2. The Morgan fingerprint density at radius 1 is 1.27 bits per heavy atom. The van der Waals surface area contributed by atoms with Gasteiger partial charge in [0, 0.05) is 35.2 Å². The molecule has 0 aliphatic carbocycles. The van der Waals surface area contributed by atoms with Gasteiger partial charge < -0.3 is 0 Å². The number of fused-ring (bicyclic) bond motifs is 1. The van der Waals surface area contributed by atoms with Gasteiger partial charge in [0.1, 0.15) is 0 Å². The largest absolute Gasteiger partial charge is 0.280 e. The Morgan fingerprint density at radius 3 is 2.62 bits per heavy atom. The number of hydrogen-bond acceptors (Lipinski definition) is 2. The highest BCUT2D eigenvalue weighted by Gasteiger charge is 2.29.